The van der Waals surface area contributed by atoms with Crippen LogP contribution in [0.5, 0.6) is 11.6 Å². The maximum absolute atomic E-state index is 14.3. The molecule has 0 aliphatic rings. The van der Waals surface area contributed by atoms with Crippen molar-refractivity contribution >= 4 is 38.8 Å². The van der Waals surface area contributed by atoms with Gasteiger partial charge >= 0.3 is 0 Å². The maximum Gasteiger partial charge on any atom is 0.269 e. The molecule has 0 aliphatic carbocycles. The number of ether oxygens (including phenoxy) is 1. The molecule has 0 radical (unpaired) electrons. The molecule has 6 nitrogen and oxygen atoms in total. The molecule has 3 heterocycles. The highest BCUT2D eigenvalue weighted by atomic mass is 32.1. The highest BCUT2D eigenvalue weighted by molar-refractivity contribution is 7.19. The van der Waals surface area contributed by atoms with Crippen molar-refractivity contribution in [1.29, 1.82) is 5.26 Å². The van der Waals surface area contributed by atoms with E-state index in [-0.39, 0.29) is 22.8 Å². The number of fused-ring (bicyclic) bond motifs is 2. The van der Waals surface area contributed by atoms with Crippen molar-refractivity contribution in [1.82, 2.24) is 14.4 Å². The number of rotatable bonds is 4. The second kappa shape index (κ2) is 8.30. The number of nitrogens with zero attached hydrogens (tertiary/aromatic N) is 4. The van der Waals surface area contributed by atoms with Crippen LogP contribution in [0.4, 0.5) is 4.39 Å². The lowest BCUT2D eigenvalue weighted by Gasteiger charge is -2.11. The molecule has 0 unspecified atom stereocenters. The van der Waals surface area contributed by atoms with Gasteiger partial charge < -0.3 is 4.74 Å². The standard InChI is InChI=1S/C25H15FN4O2S/c1-15-7-6-12-30-22(15)29-23(32-20-10-4-2-8-18(20)26)17(25(30)31)13-16(14-27)24-28-19-9-3-5-11-21(19)33-24/h2-13H,1H3. The number of aryl methyl sites for hydroxylation is 1. The van der Waals surface area contributed by atoms with Gasteiger partial charge in [-0.25, -0.2) is 9.37 Å². The lowest BCUT2D eigenvalue weighted by Crippen LogP contribution is -2.19. The van der Waals surface area contributed by atoms with Crippen LogP contribution in [0.2, 0.25) is 0 Å². The van der Waals surface area contributed by atoms with Gasteiger partial charge in [0, 0.05) is 6.20 Å². The molecule has 5 aromatic rings. The minimum Gasteiger partial charge on any atom is -0.435 e. The Morgan fingerprint density at radius 1 is 1.12 bits per heavy atom. The molecule has 33 heavy (non-hydrogen) atoms. The maximum atomic E-state index is 14.3. The van der Waals surface area contributed by atoms with Crippen molar-refractivity contribution in [3.8, 4) is 17.7 Å². The average Bonchev–Trinajstić information content (AvgIpc) is 3.25. The zero-order valence-electron chi connectivity index (χ0n) is 17.3. The summed E-state index contributed by atoms with van der Waals surface area (Å²) in [5, 5.41) is 10.3. The molecule has 160 valence electrons. The quantitative estimate of drug-likeness (QED) is 0.330. The number of allylic oxidation sites excluding steroid dienone is 1. The predicted molar refractivity (Wildman–Crippen MR) is 126 cm³/mol. The van der Waals surface area contributed by atoms with Crippen LogP contribution in [0.25, 0.3) is 27.5 Å². The minimum atomic E-state index is -0.592. The van der Waals surface area contributed by atoms with Gasteiger partial charge in [-0.2, -0.15) is 10.2 Å². The fourth-order valence-electron chi connectivity index (χ4n) is 3.40. The van der Waals surface area contributed by atoms with E-state index in [9.17, 15) is 14.4 Å². The molecule has 8 heteroatoms. The Labute approximate surface area is 191 Å². The molecule has 3 aromatic heterocycles. The van der Waals surface area contributed by atoms with Gasteiger partial charge in [-0.05, 0) is 48.9 Å². The lowest BCUT2D eigenvalue weighted by molar-refractivity contribution is 0.426. The minimum absolute atomic E-state index is 0.0251. The van der Waals surface area contributed by atoms with Crippen LogP contribution in [0.1, 0.15) is 16.1 Å². The summed E-state index contributed by atoms with van der Waals surface area (Å²) in [7, 11) is 0. The summed E-state index contributed by atoms with van der Waals surface area (Å²) < 4.78 is 22.3. The first-order valence-corrected chi connectivity index (χ1v) is 10.8. The molecule has 2 aromatic carbocycles. The van der Waals surface area contributed by atoms with E-state index in [1.165, 1.54) is 40.0 Å². The topological polar surface area (TPSA) is 80.3 Å². The Bertz CT molecular complexity index is 1630. The molecule has 0 atom stereocenters. The molecule has 0 amide bonds. The number of hydrogen-bond donors (Lipinski definition) is 0. The summed E-state index contributed by atoms with van der Waals surface area (Å²) in [5.74, 6) is -0.755. The summed E-state index contributed by atoms with van der Waals surface area (Å²) in [5.41, 5.74) is 1.65. The van der Waals surface area contributed by atoms with Crippen LogP contribution in [0.3, 0.4) is 0 Å². The van der Waals surface area contributed by atoms with E-state index in [4.69, 9.17) is 4.74 Å². The van der Waals surface area contributed by atoms with Crippen molar-refractivity contribution < 1.29 is 9.13 Å². The predicted octanol–water partition coefficient (Wildman–Crippen LogP) is 5.61. The smallest absolute Gasteiger partial charge is 0.269 e. The van der Waals surface area contributed by atoms with Crippen molar-refractivity contribution in [2.45, 2.75) is 6.92 Å². The fourth-order valence-corrected chi connectivity index (χ4v) is 4.33. The van der Waals surface area contributed by atoms with E-state index < -0.39 is 11.4 Å². The zero-order valence-corrected chi connectivity index (χ0v) is 18.1. The number of para-hydroxylation sites is 2. The highest BCUT2D eigenvalue weighted by Gasteiger charge is 2.18. The van der Waals surface area contributed by atoms with E-state index in [0.29, 0.717) is 10.7 Å². The third-order valence-electron chi connectivity index (χ3n) is 5.03. The molecular weight excluding hydrogens is 439 g/mol. The fraction of sp³-hybridized carbons (Fsp3) is 0.0400. The zero-order chi connectivity index (χ0) is 22.9. The van der Waals surface area contributed by atoms with Gasteiger partial charge in [0.25, 0.3) is 5.56 Å². The first-order chi connectivity index (χ1) is 16.0. The largest absolute Gasteiger partial charge is 0.435 e. The molecule has 0 saturated heterocycles. The van der Waals surface area contributed by atoms with Gasteiger partial charge in [0.05, 0.1) is 15.8 Å². The van der Waals surface area contributed by atoms with Crippen molar-refractivity contribution in [3.05, 3.63) is 99.2 Å². The Morgan fingerprint density at radius 2 is 1.91 bits per heavy atom. The van der Waals surface area contributed by atoms with Crippen LogP contribution < -0.4 is 10.3 Å². The van der Waals surface area contributed by atoms with E-state index in [1.807, 2.05) is 37.3 Å². The van der Waals surface area contributed by atoms with Crippen LogP contribution in [-0.4, -0.2) is 14.4 Å². The van der Waals surface area contributed by atoms with E-state index in [2.05, 4.69) is 16.0 Å². The number of thiazole rings is 1. The van der Waals surface area contributed by atoms with Gasteiger partial charge in [-0.1, -0.05) is 30.3 Å². The molecule has 0 spiro atoms. The van der Waals surface area contributed by atoms with Crippen molar-refractivity contribution in [3.63, 3.8) is 0 Å². The van der Waals surface area contributed by atoms with Crippen molar-refractivity contribution in [2.24, 2.45) is 0 Å². The SMILES string of the molecule is Cc1cccn2c(=O)c(C=C(C#N)c3nc4ccccc4s3)c(Oc3ccccc3F)nc12. The Hall–Kier alpha value is -4.35. The summed E-state index contributed by atoms with van der Waals surface area (Å²) >= 11 is 1.34. The molecule has 0 N–H and O–H groups in total. The number of halogens is 1. The summed E-state index contributed by atoms with van der Waals surface area (Å²) in [4.78, 5) is 22.4. The number of hydrogen-bond acceptors (Lipinski definition) is 6. The molecular formula is C25H15FN4O2S. The van der Waals surface area contributed by atoms with Crippen LogP contribution in [-0.2, 0) is 0 Å². The lowest BCUT2D eigenvalue weighted by atomic mass is 10.2. The normalized spacial score (nSPS) is 11.6. The number of aromatic nitrogens is 3. The molecule has 0 saturated carbocycles. The first-order valence-electron chi connectivity index (χ1n) is 9.97. The van der Waals surface area contributed by atoms with Crippen molar-refractivity contribution in [2.75, 3.05) is 0 Å². The van der Waals surface area contributed by atoms with Gasteiger partial charge in [0.1, 0.15) is 22.3 Å². The Morgan fingerprint density at radius 3 is 2.70 bits per heavy atom. The van der Waals surface area contributed by atoms with Crippen LogP contribution in [0, 0.1) is 24.1 Å². The summed E-state index contributed by atoms with van der Waals surface area (Å²) in [6, 6.07) is 19.0. The second-order valence-electron chi connectivity index (χ2n) is 7.21. The number of nitriles is 1. The Balaban J connectivity index is 1.74. The number of benzene rings is 2. The van der Waals surface area contributed by atoms with E-state index >= 15 is 0 Å². The van der Waals surface area contributed by atoms with E-state index in [1.54, 1.807) is 18.3 Å². The second-order valence-corrected chi connectivity index (χ2v) is 8.24. The first kappa shape index (κ1) is 20.5. The third kappa shape index (κ3) is 3.75. The van der Waals surface area contributed by atoms with Crippen LogP contribution >= 0.6 is 11.3 Å². The molecule has 0 aliphatic heterocycles. The highest BCUT2D eigenvalue weighted by Crippen LogP contribution is 2.31. The van der Waals surface area contributed by atoms with Gasteiger partial charge in [0.2, 0.25) is 5.88 Å². The van der Waals surface area contributed by atoms with E-state index in [0.717, 1.165) is 15.8 Å². The number of pyridine rings is 1. The third-order valence-corrected chi connectivity index (χ3v) is 6.10. The van der Waals surface area contributed by atoms with Gasteiger partial charge in [-0.3, -0.25) is 9.20 Å². The Kier molecular flexibility index (Phi) is 5.17. The van der Waals surface area contributed by atoms with Gasteiger partial charge in [0.15, 0.2) is 11.6 Å². The monoisotopic (exact) mass is 454 g/mol. The summed E-state index contributed by atoms with van der Waals surface area (Å²) in [6.07, 6.45) is 2.99. The molecule has 0 bridgehead atoms. The molecule has 5 rings (SSSR count). The molecule has 0 fully saturated rings. The van der Waals surface area contributed by atoms with Crippen LogP contribution in [0.15, 0.2) is 71.7 Å². The summed E-state index contributed by atoms with van der Waals surface area (Å²) in [6.45, 7) is 1.81. The van der Waals surface area contributed by atoms with Gasteiger partial charge in [-0.15, -0.1) is 11.3 Å². The average molecular weight is 454 g/mol.